The number of rotatable bonds is 5. The molecule has 1 atom stereocenters. The minimum Gasteiger partial charge on any atom is -0.494 e. The summed E-state index contributed by atoms with van der Waals surface area (Å²) in [5, 5.41) is 3.41. The van der Waals surface area contributed by atoms with Crippen molar-refractivity contribution in [3.8, 4) is 5.75 Å². The molecule has 2 aromatic rings. The summed E-state index contributed by atoms with van der Waals surface area (Å²) in [6.07, 6.45) is 2.85. The number of nitrogens with zero attached hydrogens (tertiary/aromatic N) is 2. The molecule has 0 spiro atoms. The molecule has 0 saturated carbocycles. The standard InChI is InChI=1S/C17H21N3O3S/c1-3-6-14(21)20-10-5-7-11(20)16(22)19-17-18-15-12(23-2)8-4-9-13(15)24-17/h4,8-9,11H,3,5-7,10H2,1-2H3,(H,18,19,22). The fourth-order valence-electron chi connectivity index (χ4n) is 3.03. The van der Waals surface area contributed by atoms with Gasteiger partial charge < -0.3 is 15.0 Å². The number of carbonyl (C=O) groups excluding carboxylic acids is 2. The van der Waals surface area contributed by atoms with Gasteiger partial charge in [0.2, 0.25) is 11.8 Å². The molecule has 1 aliphatic rings. The van der Waals surface area contributed by atoms with Gasteiger partial charge >= 0.3 is 0 Å². The van der Waals surface area contributed by atoms with Crippen LogP contribution in [-0.4, -0.2) is 41.4 Å². The van der Waals surface area contributed by atoms with Crippen molar-refractivity contribution in [2.24, 2.45) is 0 Å². The molecular formula is C17H21N3O3S. The molecule has 1 fully saturated rings. The molecule has 0 radical (unpaired) electrons. The number of fused-ring (bicyclic) bond motifs is 1. The maximum atomic E-state index is 12.6. The lowest BCUT2D eigenvalue weighted by Gasteiger charge is -2.23. The second-order valence-corrected chi connectivity index (χ2v) is 6.84. The van der Waals surface area contributed by atoms with E-state index in [9.17, 15) is 9.59 Å². The summed E-state index contributed by atoms with van der Waals surface area (Å²) in [7, 11) is 1.60. The Hall–Kier alpha value is -2.15. The molecule has 2 heterocycles. The third kappa shape index (κ3) is 3.21. The normalized spacial score (nSPS) is 17.2. The summed E-state index contributed by atoms with van der Waals surface area (Å²) in [5.74, 6) is 0.584. The maximum absolute atomic E-state index is 12.6. The van der Waals surface area contributed by atoms with Crippen molar-refractivity contribution >= 4 is 38.5 Å². The van der Waals surface area contributed by atoms with Crippen LogP contribution in [0.25, 0.3) is 10.2 Å². The molecule has 1 aromatic heterocycles. The van der Waals surface area contributed by atoms with E-state index in [1.54, 1.807) is 12.0 Å². The second-order valence-electron chi connectivity index (χ2n) is 5.81. The molecule has 1 aromatic carbocycles. The SMILES string of the molecule is CCCC(=O)N1CCCC1C(=O)Nc1nc2c(OC)cccc2s1. The first-order chi connectivity index (χ1) is 11.6. The predicted molar refractivity (Wildman–Crippen MR) is 94.4 cm³/mol. The lowest BCUT2D eigenvalue weighted by Crippen LogP contribution is -2.43. The van der Waals surface area contributed by atoms with Gasteiger partial charge in [0.05, 0.1) is 11.8 Å². The number of hydrogen-bond donors (Lipinski definition) is 1. The van der Waals surface area contributed by atoms with Gasteiger partial charge in [-0.15, -0.1) is 0 Å². The molecule has 24 heavy (non-hydrogen) atoms. The van der Waals surface area contributed by atoms with Gasteiger partial charge in [0.25, 0.3) is 0 Å². The van der Waals surface area contributed by atoms with E-state index in [-0.39, 0.29) is 11.8 Å². The van der Waals surface area contributed by atoms with Crippen LogP contribution in [0, 0.1) is 0 Å². The summed E-state index contributed by atoms with van der Waals surface area (Å²) in [4.78, 5) is 30.9. The highest BCUT2D eigenvalue weighted by molar-refractivity contribution is 7.22. The Morgan fingerprint density at radius 1 is 1.46 bits per heavy atom. The zero-order valence-electron chi connectivity index (χ0n) is 13.9. The van der Waals surface area contributed by atoms with E-state index in [0.29, 0.717) is 30.3 Å². The van der Waals surface area contributed by atoms with E-state index in [2.05, 4.69) is 10.3 Å². The van der Waals surface area contributed by atoms with Crippen LogP contribution in [0.4, 0.5) is 5.13 Å². The van der Waals surface area contributed by atoms with Crippen molar-refractivity contribution < 1.29 is 14.3 Å². The van der Waals surface area contributed by atoms with Crippen LogP contribution < -0.4 is 10.1 Å². The first-order valence-electron chi connectivity index (χ1n) is 8.18. The van der Waals surface area contributed by atoms with Crippen molar-refractivity contribution in [1.29, 1.82) is 0 Å². The number of para-hydroxylation sites is 1. The minimum atomic E-state index is -0.391. The number of methoxy groups -OCH3 is 1. The number of nitrogens with one attached hydrogen (secondary N) is 1. The third-order valence-corrected chi connectivity index (χ3v) is 5.11. The highest BCUT2D eigenvalue weighted by atomic mass is 32.1. The zero-order valence-corrected chi connectivity index (χ0v) is 14.7. The first-order valence-corrected chi connectivity index (χ1v) is 8.99. The summed E-state index contributed by atoms with van der Waals surface area (Å²) < 4.78 is 6.25. The quantitative estimate of drug-likeness (QED) is 0.902. The molecule has 2 amide bonds. The number of ether oxygens (including phenoxy) is 1. The average molecular weight is 347 g/mol. The highest BCUT2D eigenvalue weighted by Gasteiger charge is 2.33. The number of carbonyl (C=O) groups is 2. The number of amides is 2. The van der Waals surface area contributed by atoms with Gasteiger partial charge in [-0.2, -0.15) is 0 Å². The molecule has 0 bridgehead atoms. The molecule has 1 aliphatic heterocycles. The largest absolute Gasteiger partial charge is 0.494 e. The number of aromatic nitrogens is 1. The van der Waals surface area contributed by atoms with Gasteiger partial charge in [0.15, 0.2) is 5.13 Å². The Morgan fingerprint density at radius 3 is 3.04 bits per heavy atom. The zero-order chi connectivity index (χ0) is 17.1. The summed E-state index contributed by atoms with van der Waals surface area (Å²) in [6.45, 7) is 2.63. The molecule has 1 N–H and O–H groups in total. The van der Waals surface area contributed by atoms with Gasteiger partial charge in [-0.05, 0) is 31.4 Å². The van der Waals surface area contributed by atoms with Crippen LogP contribution in [0.2, 0.25) is 0 Å². The first kappa shape index (κ1) is 16.7. The molecular weight excluding hydrogens is 326 g/mol. The third-order valence-electron chi connectivity index (χ3n) is 4.17. The lowest BCUT2D eigenvalue weighted by molar-refractivity contribution is -0.136. The molecule has 1 unspecified atom stereocenters. The Labute approximate surface area is 144 Å². The average Bonchev–Trinajstić information content (AvgIpc) is 3.20. The molecule has 0 aliphatic carbocycles. The van der Waals surface area contributed by atoms with Gasteiger partial charge in [-0.25, -0.2) is 4.98 Å². The van der Waals surface area contributed by atoms with Crippen LogP contribution in [0.3, 0.4) is 0 Å². The lowest BCUT2D eigenvalue weighted by atomic mass is 10.2. The number of hydrogen-bond acceptors (Lipinski definition) is 5. The van der Waals surface area contributed by atoms with Crippen molar-refractivity contribution in [3.63, 3.8) is 0 Å². The van der Waals surface area contributed by atoms with E-state index < -0.39 is 6.04 Å². The maximum Gasteiger partial charge on any atom is 0.248 e. The number of likely N-dealkylation sites (tertiary alicyclic amines) is 1. The predicted octanol–water partition coefficient (Wildman–Crippen LogP) is 3.03. The topological polar surface area (TPSA) is 71.5 Å². The number of anilines is 1. The van der Waals surface area contributed by atoms with E-state index >= 15 is 0 Å². The summed E-state index contributed by atoms with van der Waals surface area (Å²) >= 11 is 1.41. The van der Waals surface area contributed by atoms with Crippen molar-refractivity contribution in [1.82, 2.24) is 9.88 Å². The summed E-state index contributed by atoms with van der Waals surface area (Å²) in [6, 6.07) is 5.29. The number of benzene rings is 1. The van der Waals surface area contributed by atoms with E-state index in [1.165, 1.54) is 11.3 Å². The molecule has 128 valence electrons. The highest BCUT2D eigenvalue weighted by Crippen LogP contribution is 2.32. The van der Waals surface area contributed by atoms with Crippen molar-refractivity contribution in [3.05, 3.63) is 18.2 Å². The smallest absolute Gasteiger partial charge is 0.248 e. The summed E-state index contributed by atoms with van der Waals surface area (Å²) in [5.41, 5.74) is 0.741. The van der Waals surface area contributed by atoms with Crippen LogP contribution in [0.5, 0.6) is 5.75 Å². The van der Waals surface area contributed by atoms with Crippen molar-refractivity contribution in [2.75, 3.05) is 19.0 Å². The van der Waals surface area contributed by atoms with Gasteiger partial charge in [0, 0.05) is 13.0 Å². The Kier molecular flexibility index (Phi) is 4.99. The molecule has 3 rings (SSSR count). The van der Waals surface area contributed by atoms with Crippen LogP contribution in [0.1, 0.15) is 32.6 Å². The van der Waals surface area contributed by atoms with Gasteiger partial charge in [0.1, 0.15) is 17.3 Å². The molecule has 6 nitrogen and oxygen atoms in total. The fraction of sp³-hybridized carbons (Fsp3) is 0.471. The van der Waals surface area contributed by atoms with E-state index in [4.69, 9.17) is 4.74 Å². The van der Waals surface area contributed by atoms with Gasteiger partial charge in [-0.3, -0.25) is 9.59 Å². The molecule has 1 saturated heterocycles. The van der Waals surface area contributed by atoms with E-state index in [1.807, 2.05) is 25.1 Å². The van der Waals surface area contributed by atoms with E-state index in [0.717, 1.165) is 23.1 Å². The van der Waals surface area contributed by atoms with Crippen LogP contribution in [0.15, 0.2) is 18.2 Å². The Bertz CT molecular complexity index is 759. The Morgan fingerprint density at radius 2 is 2.29 bits per heavy atom. The number of thiazole rings is 1. The Balaban J connectivity index is 1.76. The monoisotopic (exact) mass is 347 g/mol. The molecule has 7 heteroatoms. The second kappa shape index (κ2) is 7.17. The minimum absolute atomic E-state index is 0.0566. The van der Waals surface area contributed by atoms with Gasteiger partial charge in [-0.1, -0.05) is 24.3 Å². The fourth-order valence-corrected chi connectivity index (χ4v) is 3.91. The van der Waals surface area contributed by atoms with Crippen molar-refractivity contribution in [2.45, 2.75) is 38.6 Å². The van der Waals surface area contributed by atoms with Crippen LogP contribution in [-0.2, 0) is 9.59 Å². The van der Waals surface area contributed by atoms with Crippen LogP contribution >= 0.6 is 11.3 Å².